The highest BCUT2D eigenvalue weighted by atomic mass is 35.5. The first-order chi connectivity index (χ1) is 11.0. The summed E-state index contributed by atoms with van der Waals surface area (Å²) >= 11 is 11.9. The van der Waals surface area contributed by atoms with E-state index in [9.17, 15) is 9.59 Å². The van der Waals surface area contributed by atoms with Crippen LogP contribution in [0.5, 0.6) is 0 Å². The van der Waals surface area contributed by atoms with Crippen molar-refractivity contribution in [3.63, 3.8) is 0 Å². The van der Waals surface area contributed by atoms with Crippen LogP contribution < -0.4 is 5.32 Å². The highest BCUT2D eigenvalue weighted by molar-refractivity contribution is 6.35. The molecule has 0 bridgehead atoms. The van der Waals surface area contributed by atoms with E-state index in [1.54, 1.807) is 30.0 Å². The van der Waals surface area contributed by atoms with Gasteiger partial charge in [-0.2, -0.15) is 0 Å². The van der Waals surface area contributed by atoms with E-state index in [-0.39, 0.29) is 18.5 Å². The Morgan fingerprint density at radius 1 is 1.22 bits per heavy atom. The predicted octanol–water partition coefficient (Wildman–Crippen LogP) is 2.71. The lowest BCUT2D eigenvalue weighted by atomic mass is 10.3. The number of hydrogen-bond acceptors (Lipinski definition) is 4. The van der Waals surface area contributed by atoms with Crippen molar-refractivity contribution in [3.8, 4) is 0 Å². The molecule has 1 N–H and O–H groups in total. The van der Waals surface area contributed by atoms with Crippen LogP contribution in [0, 0.1) is 0 Å². The number of piperazine rings is 1. The number of hydrogen-bond donors (Lipinski definition) is 1. The maximum Gasteiger partial charge on any atom is 0.409 e. The van der Waals surface area contributed by atoms with Gasteiger partial charge in [0.2, 0.25) is 5.91 Å². The van der Waals surface area contributed by atoms with E-state index in [0.29, 0.717) is 48.5 Å². The first-order valence-corrected chi connectivity index (χ1v) is 8.14. The molecule has 1 aromatic carbocycles. The zero-order valence-electron chi connectivity index (χ0n) is 12.8. The van der Waals surface area contributed by atoms with Crippen molar-refractivity contribution in [3.05, 3.63) is 28.2 Å². The smallest absolute Gasteiger partial charge is 0.409 e. The first kappa shape index (κ1) is 17.8. The third-order valence-electron chi connectivity index (χ3n) is 3.47. The van der Waals surface area contributed by atoms with E-state index in [1.165, 1.54) is 0 Å². The fourth-order valence-corrected chi connectivity index (χ4v) is 2.63. The lowest BCUT2D eigenvalue weighted by molar-refractivity contribution is -0.117. The monoisotopic (exact) mass is 359 g/mol. The Labute approximate surface area is 145 Å². The molecule has 23 heavy (non-hydrogen) atoms. The van der Waals surface area contributed by atoms with Crippen LogP contribution in [0.3, 0.4) is 0 Å². The minimum absolute atomic E-state index is 0.168. The van der Waals surface area contributed by atoms with Gasteiger partial charge in [-0.1, -0.05) is 23.2 Å². The van der Waals surface area contributed by atoms with Crippen molar-refractivity contribution in [2.75, 3.05) is 44.6 Å². The van der Waals surface area contributed by atoms with Crippen LogP contribution in [0.2, 0.25) is 10.0 Å². The Hall–Kier alpha value is -1.50. The molecule has 0 spiro atoms. The summed E-state index contributed by atoms with van der Waals surface area (Å²) in [6.07, 6.45) is -0.303. The highest BCUT2D eigenvalue weighted by Crippen LogP contribution is 2.25. The molecular formula is C15H19Cl2N3O3. The van der Waals surface area contributed by atoms with Gasteiger partial charge < -0.3 is 15.0 Å². The van der Waals surface area contributed by atoms with Crippen LogP contribution in [0.4, 0.5) is 10.5 Å². The van der Waals surface area contributed by atoms with Crippen LogP contribution in [0.15, 0.2) is 18.2 Å². The quantitative estimate of drug-likeness (QED) is 0.897. The number of nitrogens with zero attached hydrogens (tertiary/aromatic N) is 2. The molecule has 2 rings (SSSR count). The predicted molar refractivity (Wildman–Crippen MR) is 90.1 cm³/mol. The lowest BCUT2D eigenvalue weighted by Crippen LogP contribution is -2.50. The van der Waals surface area contributed by atoms with Crippen molar-refractivity contribution < 1.29 is 14.3 Å². The molecule has 1 heterocycles. The Kier molecular flexibility index (Phi) is 6.50. The maximum absolute atomic E-state index is 12.1. The van der Waals surface area contributed by atoms with Crippen molar-refractivity contribution in [2.45, 2.75) is 6.92 Å². The van der Waals surface area contributed by atoms with E-state index in [4.69, 9.17) is 27.9 Å². The van der Waals surface area contributed by atoms with Gasteiger partial charge >= 0.3 is 6.09 Å². The molecule has 1 fully saturated rings. The molecule has 0 atom stereocenters. The molecule has 1 saturated heterocycles. The second-order valence-corrected chi connectivity index (χ2v) is 5.98. The van der Waals surface area contributed by atoms with E-state index in [0.717, 1.165) is 0 Å². The van der Waals surface area contributed by atoms with Gasteiger partial charge in [-0.05, 0) is 25.1 Å². The van der Waals surface area contributed by atoms with E-state index in [1.807, 2.05) is 4.90 Å². The molecule has 8 heteroatoms. The SMILES string of the molecule is CCOC(=O)N1CCN(CC(=O)Nc2cc(Cl)ccc2Cl)CC1. The van der Waals surface area contributed by atoms with Gasteiger partial charge in [-0.3, -0.25) is 9.69 Å². The number of anilines is 1. The van der Waals surface area contributed by atoms with Gasteiger partial charge in [0, 0.05) is 31.2 Å². The van der Waals surface area contributed by atoms with Gasteiger partial charge in [0.15, 0.2) is 0 Å². The maximum atomic E-state index is 12.1. The number of nitrogens with one attached hydrogen (secondary N) is 1. The Morgan fingerprint density at radius 3 is 2.57 bits per heavy atom. The van der Waals surface area contributed by atoms with Crippen molar-refractivity contribution >= 4 is 40.9 Å². The van der Waals surface area contributed by atoms with Crippen molar-refractivity contribution in [2.24, 2.45) is 0 Å². The number of halogens is 2. The zero-order valence-corrected chi connectivity index (χ0v) is 14.4. The van der Waals surface area contributed by atoms with Gasteiger partial charge in [0.1, 0.15) is 0 Å². The fourth-order valence-electron chi connectivity index (χ4n) is 2.29. The zero-order chi connectivity index (χ0) is 16.8. The molecule has 0 radical (unpaired) electrons. The lowest BCUT2D eigenvalue weighted by Gasteiger charge is -2.33. The minimum Gasteiger partial charge on any atom is -0.450 e. The molecule has 6 nitrogen and oxygen atoms in total. The minimum atomic E-state index is -0.303. The van der Waals surface area contributed by atoms with E-state index >= 15 is 0 Å². The topological polar surface area (TPSA) is 61.9 Å². The molecule has 1 aliphatic heterocycles. The molecular weight excluding hydrogens is 341 g/mol. The summed E-state index contributed by atoms with van der Waals surface area (Å²) in [5, 5.41) is 3.70. The largest absolute Gasteiger partial charge is 0.450 e. The summed E-state index contributed by atoms with van der Waals surface area (Å²) < 4.78 is 4.96. The molecule has 126 valence electrons. The summed E-state index contributed by atoms with van der Waals surface area (Å²) in [6, 6.07) is 4.91. The van der Waals surface area contributed by atoms with E-state index < -0.39 is 0 Å². The van der Waals surface area contributed by atoms with Gasteiger partial charge in [-0.15, -0.1) is 0 Å². The Balaban J connectivity index is 1.81. The molecule has 0 aromatic heterocycles. The Morgan fingerprint density at radius 2 is 1.91 bits per heavy atom. The molecule has 0 aliphatic carbocycles. The van der Waals surface area contributed by atoms with Crippen molar-refractivity contribution in [1.29, 1.82) is 0 Å². The van der Waals surface area contributed by atoms with Crippen LogP contribution >= 0.6 is 23.2 Å². The van der Waals surface area contributed by atoms with Crippen LogP contribution in [-0.4, -0.2) is 61.1 Å². The number of carbonyl (C=O) groups is 2. The number of benzene rings is 1. The highest BCUT2D eigenvalue weighted by Gasteiger charge is 2.23. The average molecular weight is 360 g/mol. The molecule has 0 saturated carbocycles. The summed E-state index contributed by atoms with van der Waals surface area (Å²) in [5.74, 6) is -0.168. The first-order valence-electron chi connectivity index (χ1n) is 7.38. The van der Waals surface area contributed by atoms with Crippen LogP contribution in [0.25, 0.3) is 0 Å². The summed E-state index contributed by atoms with van der Waals surface area (Å²) in [7, 11) is 0. The number of ether oxygens (including phenoxy) is 1. The van der Waals surface area contributed by atoms with Crippen LogP contribution in [0.1, 0.15) is 6.92 Å². The van der Waals surface area contributed by atoms with Gasteiger partial charge in [0.25, 0.3) is 0 Å². The fraction of sp³-hybridized carbons (Fsp3) is 0.467. The standard InChI is InChI=1S/C15H19Cl2N3O3/c1-2-23-15(22)20-7-5-19(6-8-20)10-14(21)18-13-9-11(16)3-4-12(13)17/h3-4,9H,2,5-8,10H2,1H3,(H,18,21). The molecule has 2 amide bonds. The summed E-state index contributed by atoms with van der Waals surface area (Å²) in [4.78, 5) is 27.3. The Bertz CT molecular complexity index is 575. The van der Waals surface area contributed by atoms with E-state index in [2.05, 4.69) is 5.32 Å². The third kappa shape index (κ3) is 5.27. The summed E-state index contributed by atoms with van der Waals surface area (Å²) in [5.41, 5.74) is 0.495. The second kappa shape index (κ2) is 8.38. The summed E-state index contributed by atoms with van der Waals surface area (Å²) in [6.45, 7) is 4.71. The second-order valence-electron chi connectivity index (χ2n) is 5.13. The number of carbonyl (C=O) groups excluding carboxylic acids is 2. The molecule has 0 unspecified atom stereocenters. The van der Waals surface area contributed by atoms with Crippen molar-refractivity contribution in [1.82, 2.24) is 9.80 Å². The van der Waals surface area contributed by atoms with Gasteiger partial charge in [0.05, 0.1) is 23.9 Å². The average Bonchev–Trinajstić information content (AvgIpc) is 2.52. The molecule has 1 aromatic rings. The normalized spacial score (nSPS) is 15.3. The van der Waals surface area contributed by atoms with Gasteiger partial charge in [-0.25, -0.2) is 4.79 Å². The number of rotatable bonds is 4. The van der Waals surface area contributed by atoms with Crippen LogP contribution in [-0.2, 0) is 9.53 Å². The number of amides is 2. The third-order valence-corrected chi connectivity index (χ3v) is 4.03. The molecule has 1 aliphatic rings.